The molecule has 2 aliphatic carbocycles. The van der Waals surface area contributed by atoms with Gasteiger partial charge in [-0.15, -0.1) is 0 Å². The van der Waals surface area contributed by atoms with E-state index in [0.29, 0.717) is 0 Å². The van der Waals surface area contributed by atoms with Crippen molar-refractivity contribution in [3.63, 3.8) is 0 Å². The summed E-state index contributed by atoms with van der Waals surface area (Å²) in [7, 11) is 0. The van der Waals surface area contributed by atoms with Crippen molar-refractivity contribution in [3.8, 4) is 0 Å². The summed E-state index contributed by atoms with van der Waals surface area (Å²) in [5, 5.41) is 39.1. The van der Waals surface area contributed by atoms with Gasteiger partial charge in [-0.1, -0.05) is 6.58 Å². The summed E-state index contributed by atoms with van der Waals surface area (Å²) in [6.07, 6.45) is -67.4. The van der Waals surface area contributed by atoms with Gasteiger partial charge in [-0.05, 0) is 66.2 Å². The fourth-order valence-electron chi connectivity index (χ4n) is 7.75. The molecule has 0 heterocycles. The third kappa shape index (κ3) is 13.8. The average molecular weight is 1080 g/mol. The van der Waals surface area contributed by atoms with E-state index in [1.807, 2.05) is 0 Å². The molecular weight excluding hydrogens is 1040 g/mol. The third-order valence-electron chi connectivity index (χ3n) is 11.1. The summed E-state index contributed by atoms with van der Waals surface area (Å²) in [6, 6.07) is 0. The summed E-state index contributed by atoms with van der Waals surface area (Å²) in [6.45, 7) is 6.82. The first kappa shape index (κ1) is 64.2. The first-order valence-corrected chi connectivity index (χ1v) is 19.3. The quantitative estimate of drug-likeness (QED) is 0.0575. The van der Waals surface area contributed by atoms with Crippen molar-refractivity contribution >= 4 is 5.97 Å². The standard InChI is InChI=1S/C19H22F12O6.C16H20F12O4/c1-4-35-9(3)36-12-6-10(14(33,17(23,24)25)18(26,27)28)5-11(7-12)15(34,19(29,30)31)37-13(32)8(2)16(20,21)22;1-3-31-7(2)32-10-5-8(11(29,13(17,18)19)14(20,21)22)4-9(6-10)12(30,15(23,24)25)16(26,27)28/h9-12,33-34H,2,4-7H2,1,3H3;7-10,29-30H,3-6H2,1-2H3. The van der Waals surface area contributed by atoms with E-state index in [4.69, 9.17) is 18.9 Å². The number of ether oxygens (including phenoxy) is 5. The minimum Gasteiger partial charge on any atom is -0.419 e. The second-order valence-electron chi connectivity index (χ2n) is 15.6. The van der Waals surface area contributed by atoms with E-state index in [9.17, 15) is 131 Å². The Labute approximate surface area is 372 Å². The summed E-state index contributed by atoms with van der Waals surface area (Å²) >= 11 is 0. The molecule has 8 unspecified atom stereocenters. The number of hydrogen-bond donors (Lipinski definition) is 4. The van der Waals surface area contributed by atoms with Gasteiger partial charge in [0.05, 0.1) is 12.2 Å². The van der Waals surface area contributed by atoms with Crippen molar-refractivity contribution in [2.45, 2.75) is 163 Å². The number of carbonyl (C=O) groups is 1. The molecule has 2 fully saturated rings. The summed E-state index contributed by atoms with van der Waals surface area (Å²) in [5.41, 5.74) is -19.5. The lowest BCUT2D eigenvalue weighted by Gasteiger charge is -2.48. The molecule has 0 aromatic heterocycles. The zero-order valence-corrected chi connectivity index (χ0v) is 35.3. The molecule has 69 heavy (non-hydrogen) atoms. The maximum Gasteiger partial charge on any atom is 0.455 e. The van der Waals surface area contributed by atoms with Gasteiger partial charge in [0, 0.05) is 36.9 Å². The number of rotatable bonds is 14. The molecular formula is C35H42F24O10. The Morgan fingerprint density at radius 1 is 0.464 bits per heavy atom. The van der Waals surface area contributed by atoms with E-state index in [2.05, 4.69) is 11.3 Å². The SMILES string of the molecule is C=C(C(=O)OC(O)(C1CC(OC(C)OCC)CC(C(O)(C(F)(F)F)C(F)(F)F)C1)C(F)(F)F)C(F)(F)F.CCOC(C)OC1CC(C(O)(C(F)(F)F)C(F)(F)F)CC(C(O)(C(F)(F)F)C(F)(F)F)C1. The van der Waals surface area contributed by atoms with Crippen LogP contribution < -0.4 is 0 Å². The van der Waals surface area contributed by atoms with Crippen molar-refractivity contribution in [2.24, 2.45) is 23.7 Å². The number of alkyl halides is 24. The van der Waals surface area contributed by atoms with Crippen LogP contribution in [0.25, 0.3) is 0 Å². The average Bonchev–Trinajstić information content (AvgIpc) is 3.13. The first-order chi connectivity index (χ1) is 30.4. The molecule has 2 aliphatic rings. The monoisotopic (exact) mass is 1080 g/mol. The molecule has 0 aromatic rings. The third-order valence-corrected chi connectivity index (χ3v) is 11.1. The fraction of sp³-hybridized carbons (Fsp3) is 0.914. The van der Waals surface area contributed by atoms with Gasteiger partial charge in [-0.3, -0.25) is 0 Å². The molecule has 0 bridgehead atoms. The lowest BCUT2D eigenvalue weighted by molar-refractivity contribution is -0.407. The zero-order chi connectivity index (χ0) is 55.0. The van der Waals surface area contributed by atoms with Crippen LogP contribution in [0.2, 0.25) is 0 Å². The van der Waals surface area contributed by atoms with E-state index in [1.54, 1.807) is 0 Å². The van der Waals surface area contributed by atoms with E-state index in [0.717, 1.165) is 13.8 Å². The van der Waals surface area contributed by atoms with Gasteiger partial charge >= 0.3 is 61.2 Å². The summed E-state index contributed by atoms with van der Waals surface area (Å²) in [5.74, 6) is -20.6. The molecule has 0 aromatic carbocycles. The predicted molar refractivity (Wildman–Crippen MR) is 177 cm³/mol. The van der Waals surface area contributed by atoms with Gasteiger partial charge in [0.15, 0.2) is 12.6 Å². The molecule has 10 nitrogen and oxygen atoms in total. The topological polar surface area (TPSA) is 144 Å². The van der Waals surface area contributed by atoms with Crippen LogP contribution in [-0.4, -0.2) is 136 Å². The van der Waals surface area contributed by atoms with E-state index in [-0.39, 0.29) is 13.2 Å². The Balaban J connectivity index is 0.000000697. The fourth-order valence-corrected chi connectivity index (χ4v) is 7.75. The van der Waals surface area contributed by atoms with E-state index in [1.165, 1.54) is 13.8 Å². The lowest BCUT2D eigenvalue weighted by atomic mass is 9.65. The van der Waals surface area contributed by atoms with Crippen LogP contribution in [0, 0.1) is 23.7 Å². The highest BCUT2D eigenvalue weighted by molar-refractivity contribution is 5.89. The van der Waals surface area contributed by atoms with E-state index < -0.39 is 171 Å². The summed E-state index contributed by atoms with van der Waals surface area (Å²) < 4.78 is 342. The molecule has 0 spiro atoms. The van der Waals surface area contributed by atoms with Crippen LogP contribution in [0.1, 0.15) is 66.2 Å². The maximum absolute atomic E-state index is 13.8. The second kappa shape index (κ2) is 21.4. The highest BCUT2D eigenvalue weighted by Gasteiger charge is 2.79. The van der Waals surface area contributed by atoms with Gasteiger partial charge in [0.1, 0.15) is 5.57 Å². The minimum absolute atomic E-state index is 0.120. The highest BCUT2D eigenvalue weighted by Crippen LogP contribution is 2.59. The van der Waals surface area contributed by atoms with Gasteiger partial charge in [-0.25, -0.2) is 4.79 Å². The summed E-state index contributed by atoms with van der Waals surface area (Å²) in [4.78, 5) is 11.7. The number of carbonyl (C=O) groups excluding carboxylic acids is 1. The van der Waals surface area contributed by atoms with Crippen LogP contribution in [0.3, 0.4) is 0 Å². The van der Waals surface area contributed by atoms with Crippen LogP contribution in [0.15, 0.2) is 12.2 Å². The molecule has 0 aliphatic heterocycles. The number of esters is 1. The van der Waals surface area contributed by atoms with Crippen molar-refractivity contribution in [1.82, 2.24) is 0 Å². The van der Waals surface area contributed by atoms with Crippen LogP contribution >= 0.6 is 0 Å². The molecule has 2 rings (SSSR count). The smallest absolute Gasteiger partial charge is 0.419 e. The van der Waals surface area contributed by atoms with Crippen molar-refractivity contribution in [1.29, 1.82) is 0 Å². The van der Waals surface area contributed by atoms with Crippen LogP contribution in [0.4, 0.5) is 105 Å². The molecule has 4 N–H and O–H groups in total. The number of aliphatic hydroxyl groups is 4. The van der Waals surface area contributed by atoms with Gasteiger partial charge in [-0.2, -0.15) is 105 Å². The highest BCUT2D eigenvalue weighted by atomic mass is 19.4. The minimum atomic E-state index is -6.51. The van der Waals surface area contributed by atoms with Crippen LogP contribution in [-0.2, 0) is 28.5 Å². The Kier molecular flexibility index (Phi) is 19.9. The molecule has 0 saturated heterocycles. The van der Waals surface area contributed by atoms with Gasteiger partial charge in [0.2, 0.25) is 0 Å². The Bertz CT molecular complexity index is 1590. The second-order valence-corrected chi connectivity index (χ2v) is 15.6. The first-order valence-electron chi connectivity index (χ1n) is 19.3. The molecule has 0 radical (unpaired) electrons. The number of hydrogen-bond acceptors (Lipinski definition) is 10. The maximum atomic E-state index is 13.8. The lowest BCUT2D eigenvalue weighted by Crippen LogP contribution is -2.67. The molecule has 0 amide bonds. The van der Waals surface area contributed by atoms with Crippen LogP contribution in [0.5, 0.6) is 0 Å². The zero-order valence-electron chi connectivity index (χ0n) is 35.3. The van der Waals surface area contributed by atoms with Gasteiger partial charge in [0.25, 0.3) is 16.8 Å². The molecule has 410 valence electrons. The predicted octanol–water partition coefficient (Wildman–Crippen LogP) is 9.82. The normalized spacial score (nSPS) is 25.2. The van der Waals surface area contributed by atoms with Crippen molar-refractivity contribution in [3.05, 3.63) is 12.2 Å². The van der Waals surface area contributed by atoms with Crippen molar-refractivity contribution in [2.75, 3.05) is 13.2 Å². The van der Waals surface area contributed by atoms with Crippen molar-refractivity contribution < 1.29 is 154 Å². The largest absolute Gasteiger partial charge is 0.455 e. The number of halogens is 24. The molecule has 2 saturated carbocycles. The molecule has 34 heteroatoms. The Morgan fingerprint density at radius 3 is 0.928 bits per heavy atom. The molecule has 8 atom stereocenters. The van der Waals surface area contributed by atoms with Gasteiger partial charge < -0.3 is 44.1 Å². The Morgan fingerprint density at radius 2 is 0.710 bits per heavy atom. The van der Waals surface area contributed by atoms with E-state index >= 15 is 0 Å². The Hall–Kier alpha value is -2.79.